The SMILES string of the molecule is Cc1cc(C)c(S(=O)(=O)Oc2cc(C)ccc2C)c(C)c1. The van der Waals surface area contributed by atoms with Crippen LogP contribution in [0.4, 0.5) is 0 Å². The van der Waals surface area contributed by atoms with Crippen molar-refractivity contribution in [2.24, 2.45) is 0 Å². The Hall–Kier alpha value is -1.81. The standard InChI is InChI=1S/C17H20O3S/c1-11-6-7-13(3)16(10-11)20-21(18,19)17-14(4)8-12(2)9-15(17)5/h6-10H,1-5H3. The minimum absolute atomic E-state index is 0.258. The van der Waals surface area contributed by atoms with Crippen molar-refractivity contribution >= 4 is 10.1 Å². The molecule has 21 heavy (non-hydrogen) atoms. The van der Waals surface area contributed by atoms with Crippen molar-refractivity contribution in [1.29, 1.82) is 0 Å². The molecule has 0 bridgehead atoms. The van der Waals surface area contributed by atoms with E-state index in [1.165, 1.54) is 0 Å². The van der Waals surface area contributed by atoms with Gasteiger partial charge in [0.25, 0.3) is 0 Å². The Bertz CT molecular complexity index is 767. The van der Waals surface area contributed by atoms with Gasteiger partial charge < -0.3 is 4.18 Å². The minimum Gasteiger partial charge on any atom is -0.379 e. The van der Waals surface area contributed by atoms with Crippen LogP contribution in [0.5, 0.6) is 5.75 Å². The van der Waals surface area contributed by atoms with Crippen molar-refractivity contribution in [3.8, 4) is 5.75 Å². The molecule has 0 unspecified atom stereocenters. The van der Waals surface area contributed by atoms with E-state index in [0.717, 1.165) is 16.7 Å². The van der Waals surface area contributed by atoms with Crippen LogP contribution >= 0.6 is 0 Å². The Labute approximate surface area is 126 Å². The van der Waals surface area contributed by atoms with Crippen LogP contribution in [0.3, 0.4) is 0 Å². The molecule has 3 nitrogen and oxygen atoms in total. The monoisotopic (exact) mass is 304 g/mol. The fraction of sp³-hybridized carbons (Fsp3) is 0.294. The highest BCUT2D eigenvalue weighted by atomic mass is 32.2. The Morgan fingerprint density at radius 3 is 1.90 bits per heavy atom. The van der Waals surface area contributed by atoms with Crippen LogP contribution in [-0.2, 0) is 10.1 Å². The number of rotatable bonds is 3. The molecule has 4 heteroatoms. The van der Waals surface area contributed by atoms with E-state index in [0.29, 0.717) is 16.9 Å². The third kappa shape index (κ3) is 3.27. The van der Waals surface area contributed by atoms with Gasteiger partial charge in [0.15, 0.2) is 0 Å². The smallest absolute Gasteiger partial charge is 0.339 e. The van der Waals surface area contributed by atoms with E-state index in [9.17, 15) is 8.42 Å². The van der Waals surface area contributed by atoms with E-state index in [4.69, 9.17) is 4.18 Å². The summed E-state index contributed by atoms with van der Waals surface area (Å²) in [6.07, 6.45) is 0. The molecule has 0 aromatic heterocycles. The maximum atomic E-state index is 12.6. The molecule has 0 atom stereocenters. The fourth-order valence-electron chi connectivity index (χ4n) is 2.52. The molecule has 0 saturated heterocycles. The minimum atomic E-state index is -3.83. The quantitative estimate of drug-likeness (QED) is 0.805. The Balaban J connectivity index is 2.51. The molecule has 2 aromatic carbocycles. The van der Waals surface area contributed by atoms with E-state index < -0.39 is 10.1 Å². The summed E-state index contributed by atoms with van der Waals surface area (Å²) >= 11 is 0. The summed E-state index contributed by atoms with van der Waals surface area (Å²) in [5, 5.41) is 0. The van der Waals surface area contributed by atoms with Crippen molar-refractivity contribution < 1.29 is 12.6 Å². The van der Waals surface area contributed by atoms with E-state index in [-0.39, 0.29) is 4.90 Å². The van der Waals surface area contributed by atoms with Crippen LogP contribution < -0.4 is 4.18 Å². The second-order valence-electron chi connectivity index (χ2n) is 5.53. The highest BCUT2D eigenvalue weighted by molar-refractivity contribution is 7.87. The first kappa shape index (κ1) is 15.6. The summed E-state index contributed by atoms with van der Waals surface area (Å²) < 4.78 is 30.6. The molecule has 0 saturated carbocycles. The lowest BCUT2D eigenvalue weighted by Crippen LogP contribution is -2.14. The van der Waals surface area contributed by atoms with Crippen LogP contribution in [0, 0.1) is 34.6 Å². The second-order valence-corrected chi connectivity index (χ2v) is 7.02. The molecular weight excluding hydrogens is 284 g/mol. The van der Waals surface area contributed by atoms with Gasteiger partial charge in [0.1, 0.15) is 10.6 Å². The zero-order valence-corrected chi connectivity index (χ0v) is 13.8. The maximum absolute atomic E-state index is 12.6. The van der Waals surface area contributed by atoms with Crippen molar-refractivity contribution in [2.75, 3.05) is 0 Å². The van der Waals surface area contributed by atoms with Gasteiger partial charge >= 0.3 is 10.1 Å². The van der Waals surface area contributed by atoms with Crippen molar-refractivity contribution in [2.45, 2.75) is 39.5 Å². The summed E-state index contributed by atoms with van der Waals surface area (Å²) in [6.45, 7) is 9.26. The maximum Gasteiger partial charge on any atom is 0.339 e. The van der Waals surface area contributed by atoms with E-state index in [1.807, 2.05) is 45.0 Å². The van der Waals surface area contributed by atoms with E-state index in [1.54, 1.807) is 19.9 Å². The molecule has 0 spiro atoms. The molecule has 0 heterocycles. The Morgan fingerprint density at radius 2 is 1.33 bits per heavy atom. The predicted octanol–water partition coefficient (Wildman–Crippen LogP) is 4.00. The third-order valence-electron chi connectivity index (χ3n) is 3.40. The van der Waals surface area contributed by atoms with Crippen molar-refractivity contribution in [3.05, 3.63) is 58.1 Å². The molecule has 0 radical (unpaired) electrons. The molecular formula is C17H20O3S. The molecule has 0 aliphatic carbocycles. The Kier molecular flexibility index (Phi) is 4.10. The van der Waals surface area contributed by atoms with Gasteiger partial charge in [0.05, 0.1) is 0 Å². The van der Waals surface area contributed by atoms with Gasteiger partial charge in [-0.3, -0.25) is 0 Å². The molecule has 0 aliphatic rings. The number of hydrogen-bond donors (Lipinski definition) is 0. The van der Waals surface area contributed by atoms with Crippen LogP contribution in [0.15, 0.2) is 35.2 Å². The van der Waals surface area contributed by atoms with E-state index in [2.05, 4.69) is 0 Å². The number of aryl methyl sites for hydroxylation is 5. The summed E-state index contributed by atoms with van der Waals surface area (Å²) in [5.41, 5.74) is 4.21. The van der Waals surface area contributed by atoms with Crippen LogP contribution in [0.25, 0.3) is 0 Å². The number of benzene rings is 2. The second kappa shape index (κ2) is 5.53. The van der Waals surface area contributed by atoms with Crippen molar-refractivity contribution in [1.82, 2.24) is 0 Å². The van der Waals surface area contributed by atoms with Crippen molar-refractivity contribution in [3.63, 3.8) is 0 Å². The molecule has 0 N–H and O–H groups in total. The van der Waals surface area contributed by atoms with Gasteiger partial charge in [-0.25, -0.2) is 0 Å². The molecule has 0 amide bonds. The van der Waals surface area contributed by atoms with E-state index >= 15 is 0 Å². The molecule has 2 rings (SSSR count). The first-order valence-corrected chi connectivity index (χ1v) is 8.21. The average molecular weight is 304 g/mol. The summed E-state index contributed by atoms with van der Waals surface area (Å²) in [7, 11) is -3.83. The Morgan fingerprint density at radius 1 is 0.762 bits per heavy atom. The molecule has 112 valence electrons. The lowest BCUT2D eigenvalue weighted by atomic mass is 10.1. The highest BCUT2D eigenvalue weighted by Crippen LogP contribution is 2.27. The van der Waals surface area contributed by atoms with Gasteiger partial charge in [-0.05, 0) is 62.9 Å². The fourth-order valence-corrected chi connectivity index (χ4v) is 3.92. The molecule has 0 fully saturated rings. The van der Waals surface area contributed by atoms with Gasteiger partial charge in [0, 0.05) is 0 Å². The average Bonchev–Trinajstić information content (AvgIpc) is 2.31. The molecule has 2 aromatic rings. The topological polar surface area (TPSA) is 43.4 Å². The summed E-state index contributed by atoms with van der Waals surface area (Å²) in [4.78, 5) is 0.258. The zero-order valence-electron chi connectivity index (χ0n) is 13.0. The van der Waals surface area contributed by atoms with Gasteiger partial charge in [-0.1, -0.05) is 29.8 Å². The zero-order chi connectivity index (χ0) is 15.8. The van der Waals surface area contributed by atoms with Gasteiger partial charge in [-0.15, -0.1) is 0 Å². The first-order chi connectivity index (χ1) is 9.70. The lowest BCUT2D eigenvalue weighted by molar-refractivity contribution is 0.483. The van der Waals surface area contributed by atoms with Crippen LogP contribution in [0.2, 0.25) is 0 Å². The first-order valence-electron chi connectivity index (χ1n) is 6.80. The van der Waals surface area contributed by atoms with Crippen LogP contribution in [-0.4, -0.2) is 8.42 Å². The third-order valence-corrected chi connectivity index (χ3v) is 4.94. The van der Waals surface area contributed by atoms with Gasteiger partial charge in [-0.2, -0.15) is 8.42 Å². The summed E-state index contributed by atoms with van der Waals surface area (Å²) in [5.74, 6) is 0.384. The van der Waals surface area contributed by atoms with Crippen LogP contribution in [0.1, 0.15) is 27.8 Å². The predicted molar refractivity (Wildman–Crippen MR) is 84.4 cm³/mol. The number of hydrogen-bond acceptors (Lipinski definition) is 3. The normalized spacial score (nSPS) is 11.5. The van der Waals surface area contributed by atoms with Gasteiger partial charge in [0.2, 0.25) is 0 Å². The summed E-state index contributed by atoms with van der Waals surface area (Å²) in [6, 6.07) is 9.23. The largest absolute Gasteiger partial charge is 0.379 e. The lowest BCUT2D eigenvalue weighted by Gasteiger charge is -2.14. The molecule has 0 aliphatic heterocycles. The highest BCUT2D eigenvalue weighted by Gasteiger charge is 2.23.